The molecule has 0 aliphatic heterocycles. The quantitative estimate of drug-likeness (QED) is 0.0853. The molecule has 42 heavy (non-hydrogen) atoms. The Hall–Kier alpha value is -4.22. The molecule has 0 atom stereocenters. The second-order valence-corrected chi connectivity index (χ2v) is 9.30. The van der Waals surface area contributed by atoms with Gasteiger partial charge in [0.05, 0.1) is 33.0 Å². The molecule has 0 aliphatic rings. The van der Waals surface area contributed by atoms with Gasteiger partial charge >= 0.3 is 12.0 Å². The average molecular weight is 604 g/mol. The van der Waals surface area contributed by atoms with Gasteiger partial charge in [0.15, 0.2) is 16.2 Å². The number of nitrogens with zero attached hydrogens (tertiary/aromatic N) is 4. The first kappa shape index (κ1) is 30.7. The zero-order valence-corrected chi connectivity index (χ0v) is 23.8. The number of carbonyl (C=O) groups excluding carboxylic acids is 1. The molecule has 16 heteroatoms. The van der Waals surface area contributed by atoms with Crippen molar-refractivity contribution in [2.75, 3.05) is 59.0 Å². The zero-order chi connectivity index (χ0) is 29.9. The van der Waals surface area contributed by atoms with Crippen molar-refractivity contribution in [1.82, 2.24) is 29.6 Å². The maximum absolute atomic E-state index is 11.7. The van der Waals surface area contributed by atoms with Crippen LogP contribution in [0.4, 0.5) is 5.82 Å². The van der Waals surface area contributed by atoms with E-state index in [0.717, 1.165) is 11.1 Å². The number of imidazole rings is 1. The number of fused-ring (bicyclic) bond motifs is 1. The number of aromatic amines is 1. The van der Waals surface area contributed by atoms with Gasteiger partial charge in [-0.25, -0.2) is 4.79 Å². The summed E-state index contributed by atoms with van der Waals surface area (Å²) in [7, 11) is 1.58. The number of nitrogens with one attached hydrogen (secondary N) is 2. The molecule has 226 valence electrons. The fourth-order valence-corrected chi connectivity index (χ4v) is 4.03. The molecule has 4 rings (SSSR count). The van der Waals surface area contributed by atoms with E-state index in [0.29, 0.717) is 60.1 Å². The third kappa shape index (κ3) is 8.40. The summed E-state index contributed by atoms with van der Waals surface area (Å²) in [6.07, 6.45) is 0. The maximum atomic E-state index is 11.7. The molecule has 0 spiro atoms. The van der Waals surface area contributed by atoms with Crippen LogP contribution < -0.4 is 20.6 Å². The van der Waals surface area contributed by atoms with Gasteiger partial charge in [-0.15, -0.1) is 4.73 Å². The molecule has 3 heterocycles. The van der Waals surface area contributed by atoms with Crippen molar-refractivity contribution in [2.24, 2.45) is 0 Å². The molecule has 0 saturated heterocycles. The number of benzene rings is 1. The molecule has 0 radical (unpaired) electrons. The molecular formula is C26H33N7O8S. The highest BCUT2D eigenvalue weighted by Gasteiger charge is 2.14. The summed E-state index contributed by atoms with van der Waals surface area (Å²) >= 11 is 5.50. The first-order chi connectivity index (χ1) is 20.4. The van der Waals surface area contributed by atoms with E-state index in [1.165, 1.54) is 12.1 Å². The second-order valence-electron chi connectivity index (χ2n) is 8.91. The highest BCUT2D eigenvalue weighted by molar-refractivity contribution is 7.71. The SMILES string of the molecule is COCCOc1nc(N)c2[nH]c(=S)n(Cc3ccc(CNCCOCCOCC(=O)On4c(O)ccc4O)cc3)c2n1. The molecule has 1 aromatic carbocycles. The Balaban J connectivity index is 1.14. The third-order valence-corrected chi connectivity index (χ3v) is 6.17. The van der Waals surface area contributed by atoms with Gasteiger partial charge in [-0.05, 0) is 23.3 Å². The Bertz CT molecular complexity index is 1500. The van der Waals surface area contributed by atoms with Gasteiger partial charge in [0.1, 0.15) is 18.7 Å². The van der Waals surface area contributed by atoms with E-state index in [9.17, 15) is 15.0 Å². The van der Waals surface area contributed by atoms with E-state index < -0.39 is 17.7 Å². The van der Waals surface area contributed by atoms with Crippen molar-refractivity contribution in [3.63, 3.8) is 0 Å². The van der Waals surface area contributed by atoms with E-state index in [2.05, 4.69) is 20.3 Å². The number of H-pyrrole nitrogens is 1. The summed E-state index contributed by atoms with van der Waals surface area (Å²) in [5.74, 6) is -1.31. The summed E-state index contributed by atoms with van der Waals surface area (Å²) in [5.41, 5.74) is 9.34. The topological polar surface area (TPSA) is 193 Å². The van der Waals surface area contributed by atoms with Crippen LogP contribution in [0.1, 0.15) is 11.1 Å². The molecule has 0 unspecified atom stereocenters. The van der Waals surface area contributed by atoms with Crippen molar-refractivity contribution < 1.29 is 38.8 Å². The molecule has 3 aromatic heterocycles. The van der Waals surface area contributed by atoms with Crippen molar-refractivity contribution >= 4 is 35.2 Å². The summed E-state index contributed by atoms with van der Waals surface area (Å²) < 4.78 is 24.1. The number of aromatic hydroxyl groups is 2. The minimum absolute atomic E-state index is 0.162. The molecule has 4 aromatic rings. The number of carbonyl (C=O) groups is 1. The van der Waals surface area contributed by atoms with Crippen LogP contribution >= 0.6 is 12.2 Å². The van der Waals surface area contributed by atoms with E-state index in [-0.39, 0.29) is 31.6 Å². The smallest absolute Gasteiger partial charge is 0.358 e. The largest absolute Gasteiger partial charge is 0.492 e. The van der Waals surface area contributed by atoms with Gasteiger partial charge in [0, 0.05) is 32.3 Å². The minimum atomic E-state index is -0.773. The maximum Gasteiger partial charge on any atom is 0.358 e. The van der Waals surface area contributed by atoms with Crippen LogP contribution in [-0.2, 0) is 32.1 Å². The summed E-state index contributed by atoms with van der Waals surface area (Å²) in [4.78, 5) is 28.2. The monoisotopic (exact) mass is 603 g/mol. The molecule has 0 fully saturated rings. The van der Waals surface area contributed by atoms with Crippen LogP contribution in [0.3, 0.4) is 0 Å². The lowest BCUT2D eigenvalue weighted by Crippen LogP contribution is -2.24. The van der Waals surface area contributed by atoms with Gasteiger partial charge in [-0.3, -0.25) is 4.57 Å². The van der Waals surface area contributed by atoms with Crippen LogP contribution in [0.2, 0.25) is 0 Å². The zero-order valence-electron chi connectivity index (χ0n) is 22.9. The Morgan fingerprint density at radius 1 is 1.00 bits per heavy atom. The summed E-state index contributed by atoms with van der Waals surface area (Å²) in [6, 6.07) is 10.7. The summed E-state index contributed by atoms with van der Waals surface area (Å²) in [6.45, 7) is 3.05. The molecule has 0 amide bonds. The lowest BCUT2D eigenvalue weighted by molar-refractivity contribution is -0.151. The van der Waals surface area contributed by atoms with Gasteiger partial charge in [-0.1, -0.05) is 24.3 Å². The molecular weight excluding hydrogens is 570 g/mol. The Labute approximate surface area is 245 Å². The van der Waals surface area contributed by atoms with Crippen LogP contribution in [0, 0.1) is 4.77 Å². The van der Waals surface area contributed by atoms with Crippen molar-refractivity contribution in [3.05, 3.63) is 52.3 Å². The number of anilines is 1. The van der Waals surface area contributed by atoms with Crippen molar-refractivity contribution in [3.8, 4) is 17.8 Å². The standard InChI is InChI=1S/C26H33N7O8S/c1-37-10-13-40-25-30-23(27)22-24(31-25)32(26(42)29-22)15-18-4-2-17(3-5-18)14-28-8-9-38-11-12-39-16-21(36)41-33-19(34)6-7-20(33)35/h2-7,28,34-35H,8-16H2,1H3,(H,29,42)(H2,27,30,31). The fraction of sp³-hybridized carbons (Fsp3) is 0.385. The van der Waals surface area contributed by atoms with E-state index >= 15 is 0 Å². The van der Waals surface area contributed by atoms with Crippen LogP contribution in [0.15, 0.2) is 36.4 Å². The van der Waals surface area contributed by atoms with E-state index in [1.54, 1.807) is 7.11 Å². The predicted molar refractivity (Wildman–Crippen MR) is 153 cm³/mol. The van der Waals surface area contributed by atoms with Gasteiger partial charge in [0.25, 0.3) is 0 Å². The van der Waals surface area contributed by atoms with Gasteiger partial charge in [-0.2, -0.15) is 9.97 Å². The number of rotatable bonds is 17. The number of aromatic nitrogens is 5. The van der Waals surface area contributed by atoms with Gasteiger partial charge in [0.2, 0.25) is 11.8 Å². The van der Waals surface area contributed by atoms with E-state index in [4.69, 9.17) is 41.7 Å². The molecule has 0 aliphatic carbocycles. The van der Waals surface area contributed by atoms with Crippen molar-refractivity contribution in [2.45, 2.75) is 13.1 Å². The van der Waals surface area contributed by atoms with Crippen LogP contribution in [0.25, 0.3) is 11.2 Å². The molecule has 15 nitrogen and oxygen atoms in total. The van der Waals surface area contributed by atoms with Gasteiger partial charge < -0.3 is 50.0 Å². The fourth-order valence-electron chi connectivity index (χ4n) is 3.78. The van der Waals surface area contributed by atoms with Crippen LogP contribution in [-0.4, -0.2) is 93.7 Å². The number of ether oxygens (including phenoxy) is 4. The molecule has 6 N–H and O–H groups in total. The number of nitrogen functional groups attached to an aromatic ring is 1. The highest BCUT2D eigenvalue weighted by atomic mass is 32.1. The van der Waals surface area contributed by atoms with Crippen molar-refractivity contribution in [1.29, 1.82) is 0 Å². The normalized spacial score (nSPS) is 11.3. The summed E-state index contributed by atoms with van der Waals surface area (Å²) in [5, 5.41) is 22.2. The number of hydrogen-bond donors (Lipinski definition) is 5. The van der Waals surface area contributed by atoms with Crippen LogP contribution in [0.5, 0.6) is 17.8 Å². The second kappa shape index (κ2) is 15.1. The Morgan fingerprint density at radius 3 is 2.45 bits per heavy atom. The molecule has 0 saturated carbocycles. The Morgan fingerprint density at radius 2 is 1.71 bits per heavy atom. The predicted octanol–water partition coefficient (Wildman–Crippen LogP) is 1.14. The lowest BCUT2D eigenvalue weighted by atomic mass is 10.1. The molecule has 0 bridgehead atoms. The lowest BCUT2D eigenvalue weighted by Gasteiger charge is -2.09. The highest BCUT2D eigenvalue weighted by Crippen LogP contribution is 2.22. The van der Waals surface area contributed by atoms with E-state index in [1.807, 2.05) is 28.8 Å². The minimum Gasteiger partial charge on any atom is -0.492 e. The first-order valence-corrected chi connectivity index (χ1v) is 13.4. The number of nitrogens with two attached hydrogens (primary N) is 1. The number of hydrogen-bond acceptors (Lipinski definition) is 13. The number of methoxy groups -OCH3 is 1. The third-order valence-electron chi connectivity index (χ3n) is 5.85. The first-order valence-electron chi connectivity index (χ1n) is 13.0. The Kier molecular flexibility index (Phi) is 11.1. The average Bonchev–Trinajstić information content (AvgIpc) is 3.46.